The number of methoxy groups -OCH3 is 1. The molecule has 29 heavy (non-hydrogen) atoms. The van der Waals surface area contributed by atoms with E-state index in [0.29, 0.717) is 6.10 Å². The number of piperidine rings is 1. The van der Waals surface area contributed by atoms with Crippen molar-refractivity contribution in [2.24, 2.45) is 4.99 Å². The minimum absolute atomic E-state index is 0. The number of ether oxygens (including phenoxy) is 2. The lowest BCUT2D eigenvalue weighted by Gasteiger charge is -2.34. The Kier molecular flexibility index (Phi) is 13.2. The van der Waals surface area contributed by atoms with Crippen molar-refractivity contribution in [2.45, 2.75) is 31.8 Å². The van der Waals surface area contributed by atoms with Gasteiger partial charge in [0, 0.05) is 66.3 Å². The van der Waals surface area contributed by atoms with Gasteiger partial charge in [-0.1, -0.05) is 6.07 Å². The highest BCUT2D eigenvalue weighted by atomic mass is 127. The van der Waals surface area contributed by atoms with Crippen LogP contribution in [-0.4, -0.2) is 77.6 Å². The molecule has 1 aliphatic heterocycles. The molecule has 0 bridgehead atoms. The molecule has 8 heteroatoms. The highest BCUT2D eigenvalue weighted by Gasteiger charge is 2.21. The van der Waals surface area contributed by atoms with E-state index in [1.54, 1.807) is 19.2 Å². The Morgan fingerprint density at radius 1 is 1.28 bits per heavy atom. The highest BCUT2D eigenvalue weighted by molar-refractivity contribution is 14.0. The number of likely N-dealkylation sites (tertiary alicyclic amines) is 1. The quantitative estimate of drug-likeness (QED) is 0.221. The number of hydrogen-bond acceptors (Lipinski definition) is 4. The lowest BCUT2D eigenvalue weighted by atomic mass is 10.1. The number of anilines is 1. The summed E-state index contributed by atoms with van der Waals surface area (Å²) in [5, 5.41) is 3.45. The van der Waals surface area contributed by atoms with Gasteiger partial charge in [0.15, 0.2) is 5.96 Å². The van der Waals surface area contributed by atoms with Crippen LogP contribution in [0.3, 0.4) is 0 Å². The maximum atomic E-state index is 13.3. The Labute approximate surface area is 191 Å². The van der Waals surface area contributed by atoms with Crippen LogP contribution in [0.1, 0.15) is 25.7 Å². The van der Waals surface area contributed by atoms with Gasteiger partial charge < -0.3 is 24.6 Å². The van der Waals surface area contributed by atoms with Crippen molar-refractivity contribution in [1.82, 2.24) is 10.2 Å². The average Bonchev–Trinajstić information content (AvgIpc) is 2.72. The second-order valence-electron chi connectivity index (χ2n) is 7.13. The van der Waals surface area contributed by atoms with E-state index in [0.717, 1.165) is 76.7 Å². The summed E-state index contributed by atoms with van der Waals surface area (Å²) in [4.78, 5) is 8.79. The first-order valence-electron chi connectivity index (χ1n) is 10.2. The van der Waals surface area contributed by atoms with Gasteiger partial charge in [-0.05, 0) is 43.9 Å². The van der Waals surface area contributed by atoms with Crippen LogP contribution in [0.2, 0.25) is 0 Å². The smallest absolute Gasteiger partial charge is 0.193 e. The number of rotatable bonds is 10. The summed E-state index contributed by atoms with van der Waals surface area (Å²) in [7, 11) is 5.53. The Balaban J connectivity index is 0.00000420. The van der Waals surface area contributed by atoms with Crippen LogP contribution in [0.4, 0.5) is 10.1 Å². The predicted molar refractivity (Wildman–Crippen MR) is 128 cm³/mol. The molecule has 0 spiro atoms. The first-order chi connectivity index (χ1) is 13.6. The fourth-order valence-electron chi connectivity index (χ4n) is 3.38. The second kappa shape index (κ2) is 14.8. The van der Waals surface area contributed by atoms with Gasteiger partial charge in [0.2, 0.25) is 0 Å². The zero-order valence-electron chi connectivity index (χ0n) is 17.9. The lowest BCUT2D eigenvalue weighted by Crippen LogP contribution is -2.47. The first kappa shape index (κ1) is 25.9. The molecule has 166 valence electrons. The average molecular weight is 522 g/mol. The number of guanidine groups is 1. The topological polar surface area (TPSA) is 49.3 Å². The molecule has 0 amide bonds. The van der Waals surface area contributed by atoms with Crippen LogP contribution in [0.5, 0.6) is 0 Å². The normalized spacial score (nSPS) is 15.2. The van der Waals surface area contributed by atoms with Gasteiger partial charge in [0.1, 0.15) is 5.82 Å². The highest BCUT2D eigenvalue weighted by Crippen LogP contribution is 2.15. The van der Waals surface area contributed by atoms with E-state index in [-0.39, 0.29) is 29.8 Å². The summed E-state index contributed by atoms with van der Waals surface area (Å²) < 4.78 is 24.3. The molecule has 1 heterocycles. The molecular formula is C21H36FIN4O2. The van der Waals surface area contributed by atoms with Crippen LogP contribution in [-0.2, 0) is 9.47 Å². The molecule has 1 aliphatic rings. The number of hydrogen-bond donors (Lipinski definition) is 1. The van der Waals surface area contributed by atoms with E-state index in [4.69, 9.17) is 9.47 Å². The lowest BCUT2D eigenvalue weighted by molar-refractivity contribution is 0.00991. The van der Waals surface area contributed by atoms with Crippen molar-refractivity contribution in [3.05, 3.63) is 30.1 Å². The molecule has 0 saturated carbocycles. The maximum Gasteiger partial charge on any atom is 0.193 e. The van der Waals surface area contributed by atoms with E-state index in [2.05, 4.69) is 20.1 Å². The van der Waals surface area contributed by atoms with Crippen molar-refractivity contribution in [3.8, 4) is 0 Å². The molecule has 0 aromatic heterocycles. The molecular weight excluding hydrogens is 486 g/mol. The first-order valence-corrected chi connectivity index (χ1v) is 10.2. The van der Waals surface area contributed by atoms with Gasteiger partial charge in [-0.3, -0.25) is 4.99 Å². The molecule has 1 aromatic rings. The van der Waals surface area contributed by atoms with E-state index < -0.39 is 0 Å². The molecule has 1 saturated heterocycles. The van der Waals surface area contributed by atoms with Crippen LogP contribution in [0.15, 0.2) is 29.3 Å². The summed E-state index contributed by atoms with van der Waals surface area (Å²) in [6.45, 7) is 5.12. The molecule has 0 unspecified atom stereocenters. The molecule has 1 aromatic carbocycles. The fraction of sp³-hybridized carbons (Fsp3) is 0.667. The largest absolute Gasteiger partial charge is 0.385 e. The Morgan fingerprint density at radius 2 is 2.03 bits per heavy atom. The van der Waals surface area contributed by atoms with E-state index in [9.17, 15) is 4.39 Å². The minimum atomic E-state index is -0.200. The SMILES string of the molecule is CN=C(NCCCN(C)c1cccc(F)c1)N1CCC(OCCCOC)CC1.I. The van der Waals surface area contributed by atoms with E-state index in [1.807, 2.05) is 20.2 Å². The summed E-state index contributed by atoms with van der Waals surface area (Å²) >= 11 is 0. The number of benzene rings is 1. The standard InChI is InChI=1S/C21H35FN4O2.HI/c1-23-21(26-13-9-20(10-14-26)28-16-6-15-27-3)24-11-5-12-25(2)19-8-4-7-18(22)17-19;/h4,7-8,17,20H,5-6,9-16H2,1-3H3,(H,23,24);1H. The van der Waals surface area contributed by atoms with Crippen molar-refractivity contribution >= 4 is 35.6 Å². The summed E-state index contributed by atoms with van der Waals surface area (Å²) in [6.07, 6.45) is 4.28. The van der Waals surface area contributed by atoms with Crippen LogP contribution in [0, 0.1) is 5.82 Å². The number of nitrogens with one attached hydrogen (secondary N) is 1. The van der Waals surface area contributed by atoms with E-state index >= 15 is 0 Å². The Bertz CT molecular complexity index is 598. The zero-order chi connectivity index (χ0) is 20.2. The van der Waals surface area contributed by atoms with Gasteiger partial charge in [-0.25, -0.2) is 4.39 Å². The Hall–Kier alpha value is -1.13. The third kappa shape index (κ3) is 9.48. The van der Waals surface area contributed by atoms with Gasteiger partial charge in [0.25, 0.3) is 0 Å². The van der Waals surface area contributed by atoms with Gasteiger partial charge in [0.05, 0.1) is 6.10 Å². The molecule has 1 fully saturated rings. The number of nitrogens with zero attached hydrogens (tertiary/aromatic N) is 3. The fourth-order valence-corrected chi connectivity index (χ4v) is 3.38. The molecule has 1 N–H and O–H groups in total. The summed E-state index contributed by atoms with van der Waals surface area (Å²) in [5.74, 6) is 0.750. The number of halogens is 2. The third-order valence-electron chi connectivity index (χ3n) is 5.00. The second-order valence-corrected chi connectivity index (χ2v) is 7.13. The van der Waals surface area contributed by atoms with Crippen molar-refractivity contribution in [2.75, 3.05) is 65.5 Å². The maximum absolute atomic E-state index is 13.3. The zero-order valence-corrected chi connectivity index (χ0v) is 20.2. The number of aliphatic imine (C=N–C) groups is 1. The molecule has 0 radical (unpaired) electrons. The van der Waals surface area contributed by atoms with Crippen molar-refractivity contribution in [1.29, 1.82) is 0 Å². The monoisotopic (exact) mass is 522 g/mol. The third-order valence-corrected chi connectivity index (χ3v) is 5.00. The summed E-state index contributed by atoms with van der Waals surface area (Å²) in [5.41, 5.74) is 0.900. The van der Waals surface area contributed by atoms with Gasteiger partial charge in [-0.15, -0.1) is 24.0 Å². The van der Waals surface area contributed by atoms with Crippen LogP contribution >= 0.6 is 24.0 Å². The van der Waals surface area contributed by atoms with Gasteiger partial charge >= 0.3 is 0 Å². The molecule has 6 nitrogen and oxygen atoms in total. The van der Waals surface area contributed by atoms with Crippen molar-refractivity contribution in [3.63, 3.8) is 0 Å². The predicted octanol–water partition coefficient (Wildman–Crippen LogP) is 3.36. The van der Waals surface area contributed by atoms with Crippen molar-refractivity contribution < 1.29 is 13.9 Å². The molecule has 2 rings (SSSR count). The van der Waals surface area contributed by atoms with Crippen LogP contribution < -0.4 is 10.2 Å². The van der Waals surface area contributed by atoms with Gasteiger partial charge in [-0.2, -0.15) is 0 Å². The molecule has 0 aliphatic carbocycles. The Morgan fingerprint density at radius 3 is 2.69 bits per heavy atom. The molecule has 0 atom stereocenters. The van der Waals surface area contributed by atoms with Crippen LogP contribution in [0.25, 0.3) is 0 Å². The van der Waals surface area contributed by atoms with E-state index in [1.165, 1.54) is 6.07 Å². The summed E-state index contributed by atoms with van der Waals surface area (Å²) in [6, 6.07) is 6.70. The minimum Gasteiger partial charge on any atom is -0.385 e.